The second-order valence-electron chi connectivity index (χ2n) is 4.45. The molecule has 0 radical (unpaired) electrons. The summed E-state index contributed by atoms with van der Waals surface area (Å²) in [6, 6.07) is 5.59. The van der Waals surface area contributed by atoms with Crippen LogP contribution < -0.4 is 9.47 Å². The van der Waals surface area contributed by atoms with Crippen LogP contribution in [0.25, 0.3) is 0 Å². The fourth-order valence-electron chi connectivity index (χ4n) is 2.20. The first-order valence-corrected chi connectivity index (χ1v) is 6.01. The lowest BCUT2D eigenvalue weighted by Gasteiger charge is -2.16. The lowest BCUT2D eigenvalue weighted by molar-refractivity contribution is -0.143. The quantitative estimate of drug-likeness (QED) is 0.753. The van der Waals surface area contributed by atoms with E-state index in [0.29, 0.717) is 17.4 Å². The summed E-state index contributed by atoms with van der Waals surface area (Å²) < 4.78 is 15.3. The van der Waals surface area contributed by atoms with Gasteiger partial charge in [-0.15, -0.1) is 0 Å². The molecule has 0 bridgehead atoms. The van der Waals surface area contributed by atoms with Crippen LogP contribution in [0.2, 0.25) is 0 Å². The van der Waals surface area contributed by atoms with Crippen molar-refractivity contribution in [2.24, 2.45) is 5.92 Å². The van der Waals surface area contributed by atoms with E-state index in [1.807, 2.05) is 18.2 Å². The Labute approximate surface area is 107 Å². The molecule has 2 rings (SSSR count). The molecule has 0 amide bonds. The first-order valence-electron chi connectivity index (χ1n) is 6.01. The molecule has 1 aliphatic carbocycles. The molecule has 0 aliphatic heterocycles. The Kier molecular flexibility index (Phi) is 3.75. The molecular weight excluding hydrogens is 232 g/mol. The van der Waals surface area contributed by atoms with Crippen molar-refractivity contribution in [2.45, 2.75) is 18.8 Å². The van der Waals surface area contributed by atoms with Gasteiger partial charge in [-0.2, -0.15) is 0 Å². The number of methoxy groups -OCH3 is 3. The molecule has 4 nitrogen and oxygen atoms in total. The first kappa shape index (κ1) is 12.7. The molecule has 1 atom stereocenters. The van der Waals surface area contributed by atoms with Crippen molar-refractivity contribution in [1.82, 2.24) is 0 Å². The smallest absolute Gasteiger partial charge is 0.313 e. The Morgan fingerprint density at radius 2 is 1.83 bits per heavy atom. The summed E-state index contributed by atoms with van der Waals surface area (Å²) in [6.07, 6.45) is 2.15. The summed E-state index contributed by atoms with van der Waals surface area (Å²) in [4.78, 5) is 11.9. The van der Waals surface area contributed by atoms with Crippen LogP contribution in [0.5, 0.6) is 11.5 Å². The molecular formula is C14H18O4. The van der Waals surface area contributed by atoms with Crippen molar-refractivity contribution < 1.29 is 19.0 Å². The number of rotatable bonds is 5. The van der Waals surface area contributed by atoms with Gasteiger partial charge in [0.2, 0.25) is 0 Å². The van der Waals surface area contributed by atoms with Crippen LogP contribution in [-0.2, 0) is 9.53 Å². The molecule has 1 fully saturated rings. The van der Waals surface area contributed by atoms with Crippen LogP contribution in [0.4, 0.5) is 0 Å². The van der Waals surface area contributed by atoms with Gasteiger partial charge in [-0.3, -0.25) is 4.79 Å². The van der Waals surface area contributed by atoms with Gasteiger partial charge in [0.05, 0.1) is 27.2 Å². The molecule has 18 heavy (non-hydrogen) atoms. The maximum Gasteiger partial charge on any atom is 0.313 e. The Morgan fingerprint density at radius 1 is 1.17 bits per heavy atom. The standard InChI is InChI=1S/C14H18O4/c1-16-11-7-6-10(8-12(11)17-2)13(9-4-5-9)14(15)18-3/h6-9,13H,4-5H2,1-3H3. The van der Waals surface area contributed by atoms with Gasteiger partial charge in [-0.05, 0) is 36.5 Å². The first-order chi connectivity index (χ1) is 8.71. The fourth-order valence-corrected chi connectivity index (χ4v) is 2.20. The van der Waals surface area contributed by atoms with Crippen LogP contribution >= 0.6 is 0 Å². The minimum atomic E-state index is -0.185. The number of carbonyl (C=O) groups excluding carboxylic acids is 1. The highest BCUT2D eigenvalue weighted by Crippen LogP contribution is 2.44. The molecule has 1 aromatic rings. The van der Waals surface area contributed by atoms with E-state index in [-0.39, 0.29) is 11.9 Å². The Hall–Kier alpha value is -1.71. The third-order valence-electron chi connectivity index (χ3n) is 3.32. The molecule has 1 aliphatic rings. The highest BCUT2D eigenvalue weighted by Gasteiger charge is 2.38. The number of benzene rings is 1. The van der Waals surface area contributed by atoms with Crippen molar-refractivity contribution in [2.75, 3.05) is 21.3 Å². The minimum absolute atomic E-state index is 0.176. The average molecular weight is 250 g/mol. The third-order valence-corrected chi connectivity index (χ3v) is 3.32. The van der Waals surface area contributed by atoms with Crippen molar-refractivity contribution in [3.8, 4) is 11.5 Å². The topological polar surface area (TPSA) is 44.8 Å². The van der Waals surface area contributed by atoms with Crippen molar-refractivity contribution >= 4 is 5.97 Å². The number of ether oxygens (including phenoxy) is 3. The van der Waals surface area contributed by atoms with Crippen molar-refractivity contribution in [3.63, 3.8) is 0 Å². The van der Waals surface area contributed by atoms with E-state index < -0.39 is 0 Å². The van der Waals surface area contributed by atoms with E-state index in [2.05, 4.69) is 0 Å². The van der Waals surface area contributed by atoms with Gasteiger partial charge in [0.1, 0.15) is 0 Å². The summed E-state index contributed by atoms with van der Waals surface area (Å²) in [7, 11) is 4.61. The van der Waals surface area contributed by atoms with Crippen LogP contribution in [0.15, 0.2) is 18.2 Å². The summed E-state index contributed by atoms with van der Waals surface area (Å²) in [5.41, 5.74) is 0.932. The predicted octanol–water partition coefficient (Wildman–Crippen LogP) is 2.37. The average Bonchev–Trinajstić information content (AvgIpc) is 3.23. The van der Waals surface area contributed by atoms with E-state index in [1.165, 1.54) is 7.11 Å². The summed E-state index contributed by atoms with van der Waals surface area (Å²) in [5.74, 6) is 1.35. The lowest BCUT2D eigenvalue weighted by atomic mass is 9.94. The Morgan fingerprint density at radius 3 is 2.33 bits per heavy atom. The Balaban J connectivity index is 2.33. The summed E-state index contributed by atoms with van der Waals surface area (Å²) in [6.45, 7) is 0. The molecule has 1 unspecified atom stereocenters. The second-order valence-corrected chi connectivity index (χ2v) is 4.45. The number of hydrogen-bond donors (Lipinski definition) is 0. The zero-order chi connectivity index (χ0) is 13.1. The van der Waals surface area contributed by atoms with Gasteiger partial charge in [0.25, 0.3) is 0 Å². The van der Waals surface area contributed by atoms with E-state index >= 15 is 0 Å². The van der Waals surface area contributed by atoms with E-state index in [0.717, 1.165) is 18.4 Å². The monoisotopic (exact) mass is 250 g/mol. The molecule has 0 N–H and O–H groups in total. The highest BCUT2D eigenvalue weighted by atomic mass is 16.5. The molecule has 0 aromatic heterocycles. The van der Waals surface area contributed by atoms with Crippen LogP contribution in [0.3, 0.4) is 0 Å². The molecule has 1 aromatic carbocycles. The zero-order valence-electron chi connectivity index (χ0n) is 10.9. The molecule has 1 saturated carbocycles. The maximum absolute atomic E-state index is 11.9. The van der Waals surface area contributed by atoms with Crippen LogP contribution in [0.1, 0.15) is 24.3 Å². The summed E-state index contributed by atoms with van der Waals surface area (Å²) >= 11 is 0. The fraction of sp³-hybridized carbons (Fsp3) is 0.500. The number of hydrogen-bond acceptors (Lipinski definition) is 4. The van der Waals surface area contributed by atoms with Gasteiger partial charge < -0.3 is 14.2 Å². The van der Waals surface area contributed by atoms with E-state index in [4.69, 9.17) is 14.2 Å². The summed E-state index contributed by atoms with van der Waals surface area (Å²) in [5, 5.41) is 0. The number of esters is 1. The molecule has 0 heterocycles. The van der Waals surface area contributed by atoms with E-state index in [1.54, 1.807) is 14.2 Å². The van der Waals surface area contributed by atoms with Crippen molar-refractivity contribution in [3.05, 3.63) is 23.8 Å². The number of carbonyl (C=O) groups is 1. The largest absolute Gasteiger partial charge is 0.493 e. The van der Waals surface area contributed by atoms with Gasteiger partial charge >= 0.3 is 5.97 Å². The molecule has 0 saturated heterocycles. The third kappa shape index (κ3) is 2.42. The normalized spacial score (nSPS) is 15.9. The molecule has 98 valence electrons. The van der Waals surface area contributed by atoms with Crippen LogP contribution in [0, 0.1) is 5.92 Å². The van der Waals surface area contributed by atoms with Gasteiger partial charge in [-0.1, -0.05) is 6.07 Å². The highest BCUT2D eigenvalue weighted by molar-refractivity contribution is 5.79. The van der Waals surface area contributed by atoms with Gasteiger partial charge in [0.15, 0.2) is 11.5 Å². The van der Waals surface area contributed by atoms with Crippen LogP contribution in [-0.4, -0.2) is 27.3 Å². The second kappa shape index (κ2) is 5.29. The molecule has 0 spiro atoms. The van der Waals surface area contributed by atoms with Gasteiger partial charge in [0, 0.05) is 0 Å². The SMILES string of the molecule is COC(=O)C(c1ccc(OC)c(OC)c1)C1CC1. The maximum atomic E-state index is 11.9. The minimum Gasteiger partial charge on any atom is -0.493 e. The zero-order valence-corrected chi connectivity index (χ0v) is 10.9. The Bertz CT molecular complexity index is 437. The lowest BCUT2D eigenvalue weighted by Crippen LogP contribution is -2.16. The van der Waals surface area contributed by atoms with E-state index in [9.17, 15) is 4.79 Å². The van der Waals surface area contributed by atoms with Crippen molar-refractivity contribution in [1.29, 1.82) is 0 Å². The molecule has 4 heteroatoms. The van der Waals surface area contributed by atoms with Gasteiger partial charge in [-0.25, -0.2) is 0 Å². The predicted molar refractivity (Wildman–Crippen MR) is 67.0 cm³/mol.